The molecule has 0 aromatic heterocycles. The van der Waals surface area contributed by atoms with Crippen molar-refractivity contribution in [2.75, 3.05) is 26.1 Å². The molecule has 7 heteroatoms. The van der Waals surface area contributed by atoms with E-state index in [1.54, 1.807) is 25.1 Å². The SMILES string of the molecule is COc1ccc(NC(=O)COC(=O)[C@@H](C)Oc2ccc(C(C)(C)C)cc2)c(OC)c1. The number of benzene rings is 2. The number of methoxy groups -OCH3 is 2. The Morgan fingerprint density at radius 3 is 2.17 bits per heavy atom. The number of rotatable bonds is 8. The second-order valence-electron chi connectivity index (χ2n) is 7.76. The maximum atomic E-state index is 12.2. The zero-order chi connectivity index (χ0) is 22.3. The van der Waals surface area contributed by atoms with Gasteiger partial charge >= 0.3 is 5.97 Å². The average molecular weight is 415 g/mol. The summed E-state index contributed by atoms with van der Waals surface area (Å²) in [6.07, 6.45) is -0.853. The molecule has 0 saturated carbocycles. The fourth-order valence-electron chi connectivity index (χ4n) is 2.63. The Balaban J connectivity index is 1.86. The molecule has 30 heavy (non-hydrogen) atoms. The quantitative estimate of drug-likeness (QED) is 0.658. The molecule has 0 saturated heterocycles. The number of carbonyl (C=O) groups is 2. The van der Waals surface area contributed by atoms with Crippen LogP contribution in [-0.4, -0.2) is 38.8 Å². The van der Waals surface area contributed by atoms with Crippen molar-refractivity contribution in [2.24, 2.45) is 0 Å². The summed E-state index contributed by atoms with van der Waals surface area (Å²) >= 11 is 0. The number of amides is 1. The van der Waals surface area contributed by atoms with Crippen LogP contribution in [0.15, 0.2) is 42.5 Å². The van der Waals surface area contributed by atoms with Gasteiger partial charge in [0.05, 0.1) is 19.9 Å². The van der Waals surface area contributed by atoms with Crippen LogP contribution in [0.1, 0.15) is 33.3 Å². The number of carbonyl (C=O) groups excluding carboxylic acids is 2. The summed E-state index contributed by atoms with van der Waals surface area (Å²) in [7, 11) is 3.02. The van der Waals surface area contributed by atoms with Gasteiger partial charge in [0.2, 0.25) is 0 Å². The number of hydrogen-bond donors (Lipinski definition) is 1. The smallest absolute Gasteiger partial charge is 0.347 e. The van der Waals surface area contributed by atoms with Crippen LogP contribution in [0.5, 0.6) is 17.2 Å². The fourth-order valence-corrected chi connectivity index (χ4v) is 2.63. The molecule has 1 amide bonds. The minimum Gasteiger partial charge on any atom is -0.497 e. The van der Waals surface area contributed by atoms with Crippen LogP contribution in [-0.2, 0) is 19.7 Å². The van der Waals surface area contributed by atoms with Crippen molar-refractivity contribution < 1.29 is 28.5 Å². The minimum absolute atomic E-state index is 0.0308. The van der Waals surface area contributed by atoms with Gasteiger partial charge in [-0.2, -0.15) is 0 Å². The standard InChI is InChI=1S/C23H29NO6/c1-15(30-17-9-7-16(8-10-17)23(2,3)4)22(26)29-14-21(25)24-19-12-11-18(27-5)13-20(19)28-6/h7-13,15H,14H2,1-6H3,(H,24,25)/t15-/m1/s1. The lowest BCUT2D eigenvalue weighted by Crippen LogP contribution is -2.29. The van der Waals surface area contributed by atoms with E-state index in [9.17, 15) is 9.59 Å². The minimum atomic E-state index is -0.853. The first-order valence-electron chi connectivity index (χ1n) is 9.59. The summed E-state index contributed by atoms with van der Waals surface area (Å²) in [6.45, 7) is 7.50. The molecule has 2 rings (SSSR count). The molecule has 0 unspecified atom stereocenters. The van der Waals surface area contributed by atoms with E-state index >= 15 is 0 Å². The van der Waals surface area contributed by atoms with E-state index in [4.69, 9.17) is 18.9 Å². The summed E-state index contributed by atoms with van der Waals surface area (Å²) in [5.41, 5.74) is 1.64. The molecule has 0 heterocycles. The molecule has 7 nitrogen and oxygen atoms in total. The Morgan fingerprint density at radius 2 is 1.60 bits per heavy atom. The van der Waals surface area contributed by atoms with E-state index in [-0.39, 0.29) is 5.41 Å². The summed E-state index contributed by atoms with van der Waals surface area (Å²) in [5.74, 6) is 0.461. The van der Waals surface area contributed by atoms with Crippen LogP contribution in [0.3, 0.4) is 0 Å². The Labute approximate surface area is 177 Å². The van der Waals surface area contributed by atoms with Gasteiger partial charge in [-0.05, 0) is 42.2 Å². The molecule has 0 aliphatic rings. The highest BCUT2D eigenvalue weighted by molar-refractivity contribution is 5.94. The zero-order valence-corrected chi connectivity index (χ0v) is 18.3. The van der Waals surface area contributed by atoms with Gasteiger partial charge in [0.25, 0.3) is 5.91 Å². The van der Waals surface area contributed by atoms with Crippen molar-refractivity contribution in [1.82, 2.24) is 0 Å². The molecule has 0 aliphatic heterocycles. The van der Waals surface area contributed by atoms with Gasteiger partial charge in [-0.25, -0.2) is 4.79 Å². The molecule has 0 aliphatic carbocycles. The van der Waals surface area contributed by atoms with Crippen molar-refractivity contribution in [3.8, 4) is 17.2 Å². The highest BCUT2D eigenvalue weighted by Crippen LogP contribution is 2.29. The Bertz CT molecular complexity index is 870. The Kier molecular flexibility index (Phi) is 7.69. The summed E-state index contributed by atoms with van der Waals surface area (Å²) in [6, 6.07) is 12.5. The van der Waals surface area contributed by atoms with Gasteiger partial charge in [0.15, 0.2) is 12.7 Å². The van der Waals surface area contributed by atoms with Crippen molar-refractivity contribution in [2.45, 2.75) is 39.2 Å². The molecule has 2 aromatic rings. The number of anilines is 1. The Morgan fingerprint density at radius 1 is 0.967 bits per heavy atom. The van der Waals surface area contributed by atoms with E-state index in [0.717, 1.165) is 5.56 Å². The molecule has 1 atom stereocenters. The van der Waals surface area contributed by atoms with Crippen LogP contribution in [0, 0.1) is 0 Å². The molecular weight excluding hydrogens is 386 g/mol. The summed E-state index contributed by atoms with van der Waals surface area (Å²) in [5, 5.41) is 2.64. The first-order chi connectivity index (χ1) is 14.1. The molecule has 0 bridgehead atoms. The first-order valence-corrected chi connectivity index (χ1v) is 9.59. The van der Waals surface area contributed by atoms with Crippen LogP contribution in [0.4, 0.5) is 5.69 Å². The molecule has 0 fully saturated rings. The average Bonchev–Trinajstić information content (AvgIpc) is 2.71. The maximum absolute atomic E-state index is 12.2. The number of esters is 1. The van der Waals surface area contributed by atoms with Crippen molar-refractivity contribution in [1.29, 1.82) is 0 Å². The number of ether oxygens (including phenoxy) is 4. The van der Waals surface area contributed by atoms with Crippen LogP contribution < -0.4 is 19.5 Å². The van der Waals surface area contributed by atoms with Crippen LogP contribution in [0.25, 0.3) is 0 Å². The monoisotopic (exact) mass is 415 g/mol. The lowest BCUT2D eigenvalue weighted by molar-refractivity contribution is -0.153. The molecule has 0 radical (unpaired) electrons. The highest BCUT2D eigenvalue weighted by Gasteiger charge is 2.19. The second-order valence-corrected chi connectivity index (χ2v) is 7.76. The van der Waals surface area contributed by atoms with E-state index in [2.05, 4.69) is 26.1 Å². The van der Waals surface area contributed by atoms with Gasteiger partial charge in [-0.1, -0.05) is 32.9 Å². The molecule has 1 N–H and O–H groups in total. The van der Waals surface area contributed by atoms with E-state index in [1.807, 2.05) is 24.3 Å². The van der Waals surface area contributed by atoms with E-state index < -0.39 is 24.6 Å². The third kappa shape index (κ3) is 6.40. The van der Waals surface area contributed by atoms with Gasteiger partial charge in [0, 0.05) is 6.07 Å². The third-order valence-electron chi connectivity index (χ3n) is 4.39. The van der Waals surface area contributed by atoms with Gasteiger partial charge in [0.1, 0.15) is 17.2 Å². The second kappa shape index (κ2) is 10.0. The molecular formula is C23H29NO6. The number of nitrogens with one attached hydrogen (secondary N) is 1. The lowest BCUT2D eigenvalue weighted by Gasteiger charge is -2.20. The predicted octanol–water partition coefficient (Wildman–Crippen LogP) is 3.95. The van der Waals surface area contributed by atoms with Gasteiger partial charge in [-0.15, -0.1) is 0 Å². The van der Waals surface area contributed by atoms with Crippen LogP contribution >= 0.6 is 0 Å². The fraction of sp³-hybridized carbons (Fsp3) is 0.391. The largest absolute Gasteiger partial charge is 0.497 e. The maximum Gasteiger partial charge on any atom is 0.347 e. The first kappa shape index (κ1) is 23.1. The summed E-state index contributed by atoms with van der Waals surface area (Å²) in [4.78, 5) is 24.3. The molecule has 2 aromatic carbocycles. The van der Waals surface area contributed by atoms with Gasteiger partial charge < -0.3 is 24.3 Å². The summed E-state index contributed by atoms with van der Waals surface area (Å²) < 4.78 is 21.0. The highest BCUT2D eigenvalue weighted by atomic mass is 16.6. The number of hydrogen-bond acceptors (Lipinski definition) is 6. The topological polar surface area (TPSA) is 83.1 Å². The Hall–Kier alpha value is -3.22. The van der Waals surface area contributed by atoms with Crippen LogP contribution in [0.2, 0.25) is 0 Å². The predicted molar refractivity (Wildman–Crippen MR) is 114 cm³/mol. The normalized spacial score (nSPS) is 11.9. The molecule has 162 valence electrons. The van der Waals surface area contributed by atoms with E-state index in [1.165, 1.54) is 14.2 Å². The lowest BCUT2D eigenvalue weighted by atomic mass is 9.87. The van der Waals surface area contributed by atoms with Crippen molar-refractivity contribution in [3.63, 3.8) is 0 Å². The zero-order valence-electron chi connectivity index (χ0n) is 18.3. The van der Waals surface area contributed by atoms with Gasteiger partial charge in [-0.3, -0.25) is 4.79 Å². The van der Waals surface area contributed by atoms with Crippen molar-refractivity contribution >= 4 is 17.6 Å². The third-order valence-corrected chi connectivity index (χ3v) is 4.39. The van der Waals surface area contributed by atoms with E-state index in [0.29, 0.717) is 22.9 Å². The van der Waals surface area contributed by atoms with Crippen molar-refractivity contribution in [3.05, 3.63) is 48.0 Å². The molecule has 0 spiro atoms.